The van der Waals surface area contributed by atoms with Gasteiger partial charge in [-0.05, 0) is 65.9 Å². The van der Waals surface area contributed by atoms with Gasteiger partial charge in [0.15, 0.2) is 5.65 Å². The molecule has 2 aliphatic heterocycles. The minimum atomic E-state index is 0.482. The number of pyridine rings is 1. The average Bonchev–Trinajstić information content (AvgIpc) is 3.29. The van der Waals surface area contributed by atoms with Gasteiger partial charge in [0.2, 0.25) is 0 Å². The number of hydrogen-bond donors (Lipinski definition) is 0. The van der Waals surface area contributed by atoms with Crippen LogP contribution < -0.4 is 9.80 Å². The minimum Gasteiger partial charge on any atom is -0.353 e. The lowest BCUT2D eigenvalue weighted by atomic mass is 9.92. The van der Waals surface area contributed by atoms with Crippen LogP contribution in [0.15, 0.2) is 35.1 Å². The molecule has 3 aromatic rings. The number of aromatic nitrogens is 5. The molecule has 134 valence electrons. The zero-order valence-corrected chi connectivity index (χ0v) is 16.2. The van der Waals surface area contributed by atoms with Crippen molar-refractivity contribution < 1.29 is 0 Å². The summed E-state index contributed by atoms with van der Waals surface area (Å²) in [5.41, 5.74) is 1.82. The Kier molecular flexibility index (Phi) is 3.81. The highest BCUT2D eigenvalue weighted by Gasteiger charge is 2.39. The Labute approximate surface area is 160 Å². The van der Waals surface area contributed by atoms with Crippen LogP contribution in [0.5, 0.6) is 0 Å². The lowest BCUT2D eigenvalue weighted by Gasteiger charge is -2.39. The molecule has 0 bridgehead atoms. The van der Waals surface area contributed by atoms with E-state index in [2.05, 4.69) is 53.2 Å². The molecular formula is C18H20BrN7. The van der Waals surface area contributed by atoms with Gasteiger partial charge in [-0.2, -0.15) is 4.52 Å². The number of hydrogen-bond acceptors (Lipinski definition) is 6. The van der Waals surface area contributed by atoms with E-state index in [4.69, 9.17) is 4.98 Å². The number of anilines is 2. The number of halogens is 1. The molecule has 0 N–H and O–H groups in total. The molecule has 0 amide bonds. The molecule has 7 nitrogen and oxygen atoms in total. The van der Waals surface area contributed by atoms with Crippen molar-refractivity contribution in [1.82, 2.24) is 24.8 Å². The van der Waals surface area contributed by atoms with Crippen LogP contribution in [-0.2, 0) is 0 Å². The predicted molar refractivity (Wildman–Crippen MR) is 104 cm³/mol. The van der Waals surface area contributed by atoms with Gasteiger partial charge >= 0.3 is 0 Å². The van der Waals surface area contributed by atoms with Crippen molar-refractivity contribution in [2.45, 2.75) is 25.8 Å². The van der Waals surface area contributed by atoms with Gasteiger partial charge in [0.1, 0.15) is 18.0 Å². The Bertz CT molecular complexity index is 956. The van der Waals surface area contributed by atoms with Crippen LogP contribution in [0.2, 0.25) is 0 Å². The summed E-state index contributed by atoms with van der Waals surface area (Å²) >= 11 is 3.55. The Morgan fingerprint density at radius 2 is 1.92 bits per heavy atom. The van der Waals surface area contributed by atoms with Gasteiger partial charge in [0.25, 0.3) is 0 Å². The molecule has 2 saturated heterocycles. The molecule has 2 atom stereocenters. The molecule has 3 aromatic heterocycles. The maximum atomic E-state index is 4.80. The molecule has 26 heavy (non-hydrogen) atoms. The van der Waals surface area contributed by atoms with Gasteiger partial charge in [0.05, 0.1) is 11.7 Å². The zero-order valence-electron chi connectivity index (χ0n) is 14.6. The quantitative estimate of drug-likeness (QED) is 0.643. The lowest BCUT2D eigenvalue weighted by molar-refractivity contribution is 0.388. The SMILES string of the molecule is Cc1nc(N2CCC3CCN(c4ccc5nncn5n4)CC32)ccc1Br. The van der Waals surface area contributed by atoms with Crippen LogP contribution in [-0.4, -0.2) is 50.5 Å². The van der Waals surface area contributed by atoms with Gasteiger partial charge in [0, 0.05) is 24.1 Å². The monoisotopic (exact) mass is 413 g/mol. The number of aryl methyl sites for hydroxylation is 1. The maximum Gasteiger partial charge on any atom is 0.177 e. The third-order valence-corrected chi connectivity index (χ3v) is 6.47. The van der Waals surface area contributed by atoms with Crippen LogP contribution >= 0.6 is 15.9 Å². The summed E-state index contributed by atoms with van der Waals surface area (Å²) in [6.45, 7) is 5.15. The molecule has 0 spiro atoms. The van der Waals surface area contributed by atoms with Gasteiger partial charge < -0.3 is 9.80 Å². The van der Waals surface area contributed by atoms with E-state index < -0.39 is 0 Å². The third-order valence-electron chi connectivity index (χ3n) is 5.64. The second-order valence-corrected chi connectivity index (χ2v) is 7.96. The van der Waals surface area contributed by atoms with Crippen molar-refractivity contribution in [3.8, 4) is 0 Å². The van der Waals surface area contributed by atoms with Gasteiger partial charge in [-0.1, -0.05) is 0 Å². The molecule has 0 aromatic carbocycles. The van der Waals surface area contributed by atoms with E-state index in [9.17, 15) is 0 Å². The highest BCUT2D eigenvalue weighted by molar-refractivity contribution is 9.10. The van der Waals surface area contributed by atoms with Gasteiger partial charge in [-0.15, -0.1) is 15.3 Å². The van der Waals surface area contributed by atoms with Crippen molar-refractivity contribution in [2.75, 3.05) is 29.4 Å². The standard InChI is InChI=1S/C18H20BrN7/c1-12-14(19)2-3-16(21-12)25-9-7-13-6-8-24(10-15(13)25)18-5-4-17-22-20-11-26(17)23-18/h2-5,11,13,15H,6-10H2,1H3. The summed E-state index contributed by atoms with van der Waals surface area (Å²) in [5, 5.41) is 12.6. The van der Waals surface area contributed by atoms with Crippen LogP contribution in [0.1, 0.15) is 18.5 Å². The molecule has 5 heterocycles. The molecule has 8 heteroatoms. The van der Waals surface area contributed by atoms with Crippen molar-refractivity contribution >= 4 is 33.2 Å². The van der Waals surface area contributed by atoms with Crippen molar-refractivity contribution in [3.05, 3.63) is 40.8 Å². The Morgan fingerprint density at radius 3 is 2.81 bits per heavy atom. The molecule has 0 aliphatic carbocycles. The summed E-state index contributed by atoms with van der Waals surface area (Å²) in [5.74, 6) is 2.81. The van der Waals surface area contributed by atoms with E-state index in [0.717, 1.165) is 53.0 Å². The molecule has 2 unspecified atom stereocenters. The summed E-state index contributed by atoms with van der Waals surface area (Å²) in [4.78, 5) is 9.66. The smallest absolute Gasteiger partial charge is 0.177 e. The third kappa shape index (κ3) is 2.63. The first-order valence-electron chi connectivity index (χ1n) is 9.01. The van der Waals surface area contributed by atoms with Gasteiger partial charge in [-0.25, -0.2) is 4.98 Å². The second kappa shape index (κ2) is 6.19. The molecule has 2 fully saturated rings. The first-order valence-corrected chi connectivity index (χ1v) is 9.80. The van der Waals surface area contributed by atoms with Crippen molar-refractivity contribution in [2.24, 2.45) is 5.92 Å². The first-order chi connectivity index (χ1) is 12.7. The second-order valence-electron chi connectivity index (χ2n) is 7.11. The Hall–Kier alpha value is -2.22. The molecule has 0 saturated carbocycles. The predicted octanol–water partition coefficient (Wildman–Crippen LogP) is 2.70. The van der Waals surface area contributed by atoms with E-state index >= 15 is 0 Å². The topological polar surface area (TPSA) is 62.5 Å². The van der Waals surface area contributed by atoms with Crippen molar-refractivity contribution in [1.29, 1.82) is 0 Å². The molecule has 0 radical (unpaired) electrons. The molecule has 2 aliphatic rings. The molecular weight excluding hydrogens is 394 g/mol. The van der Waals surface area contributed by atoms with Crippen LogP contribution in [0.3, 0.4) is 0 Å². The van der Waals surface area contributed by atoms with E-state index in [0.29, 0.717) is 6.04 Å². The lowest BCUT2D eigenvalue weighted by Crippen LogP contribution is -2.49. The fourth-order valence-electron chi connectivity index (χ4n) is 4.21. The number of piperidine rings is 1. The Balaban J connectivity index is 1.42. The van der Waals surface area contributed by atoms with E-state index in [1.807, 2.05) is 19.1 Å². The average molecular weight is 414 g/mol. The van der Waals surface area contributed by atoms with Gasteiger partial charge in [-0.3, -0.25) is 0 Å². The zero-order chi connectivity index (χ0) is 17.7. The van der Waals surface area contributed by atoms with Crippen LogP contribution in [0, 0.1) is 12.8 Å². The van der Waals surface area contributed by atoms with E-state index in [-0.39, 0.29) is 0 Å². The summed E-state index contributed by atoms with van der Waals surface area (Å²) in [6, 6.07) is 8.74. The number of nitrogens with zero attached hydrogens (tertiary/aromatic N) is 7. The summed E-state index contributed by atoms with van der Waals surface area (Å²) in [6.07, 6.45) is 4.09. The molecule has 5 rings (SSSR count). The highest BCUT2D eigenvalue weighted by atomic mass is 79.9. The normalized spacial score (nSPS) is 22.8. The largest absolute Gasteiger partial charge is 0.353 e. The first kappa shape index (κ1) is 16.0. The number of fused-ring (bicyclic) bond motifs is 2. The highest BCUT2D eigenvalue weighted by Crippen LogP contribution is 2.36. The summed E-state index contributed by atoms with van der Waals surface area (Å²) < 4.78 is 2.81. The minimum absolute atomic E-state index is 0.482. The van der Waals surface area contributed by atoms with Crippen LogP contribution in [0.25, 0.3) is 5.65 Å². The van der Waals surface area contributed by atoms with Crippen molar-refractivity contribution in [3.63, 3.8) is 0 Å². The number of rotatable bonds is 2. The fraction of sp³-hybridized carbons (Fsp3) is 0.444. The fourth-order valence-corrected chi connectivity index (χ4v) is 4.43. The maximum absolute atomic E-state index is 4.80. The van der Waals surface area contributed by atoms with Crippen LogP contribution in [0.4, 0.5) is 11.6 Å². The van der Waals surface area contributed by atoms with E-state index in [1.165, 1.54) is 12.8 Å². The van der Waals surface area contributed by atoms with E-state index in [1.54, 1.807) is 10.8 Å². The summed E-state index contributed by atoms with van der Waals surface area (Å²) in [7, 11) is 0. The Morgan fingerprint density at radius 1 is 1.08 bits per heavy atom.